The summed E-state index contributed by atoms with van der Waals surface area (Å²) in [6.45, 7) is 4.26. The van der Waals surface area contributed by atoms with Crippen molar-refractivity contribution >= 4 is 15.9 Å². The molecule has 2 rings (SSSR count). The molecule has 0 saturated heterocycles. The lowest BCUT2D eigenvalue weighted by atomic mass is 10.1. The summed E-state index contributed by atoms with van der Waals surface area (Å²) >= 11 is 3.32. The monoisotopic (exact) mass is 308 g/mol. The summed E-state index contributed by atoms with van der Waals surface area (Å²) in [4.78, 5) is 0. The molecule has 0 heterocycles. The number of halogens is 2. The molecule has 0 aliphatic heterocycles. The molecule has 0 aliphatic rings. The molecule has 3 heteroatoms. The Balaban J connectivity index is 2.13. The topological polar surface area (TPSA) is 9.23 Å². The Morgan fingerprint density at radius 3 is 2.39 bits per heavy atom. The smallest absolute Gasteiger partial charge is 0.129 e. The standard InChI is InChI=1S/C15H14BrFO/c1-10-5-11(2)7-14(6-10)18-9-12-8-13(16)3-4-15(12)17/h3-8H,9H2,1-2H3. The maximum atomic E-state index is 13.5. The highest BCUT2D eigenvalue weighted by molar-refractivity contribution is 9.10. The van der Waals surface area contributed by atoms with E-state index in [0.717, 1.165) is 21.3 Å². The van der Waals surface area contributed by atoms with Crippen molar-refractivity contribution in [2.45, 2.75) is 20.5 Å². The van der Waals surface area contributed by atoms with Crippen molar-refractivity contribution in [3.8, 4) is 5.75 Å². The van der Waals surface area contributed by atoms with Crippen LogP contribution in [0.5, 0.6) is 5.75 Å². The molecule has 0 aromatic heterocycles. The van der Waals surface area contributed by atoms with Gasteiger partial charge in [-0.05, 0) is 55.3 Å². The molecule has 0 unspecified atom stereocenters. The predicted molar refractivity (Wildman–Crippen MR) is 74.3 cm³/mol. The van der Waals surface area contributed by atoms with E-state index in [1.807, 2.05) is 26.0 Å². The number of aryl methyl sites for hydroxylation is 2. The van der Waals surface area contributed by atoms with Gasteiger partial charge in [-0.3, -0.25) is 0 Å². The number of rotatable bonds is 3. The first-order valence-electron chi connectivity index (χ1n) is 5.69. The van der Waals surface area contributed by atoms with Gasteiger partial charge in [-0.1, -0.05) is 22.0 Å². The minimum atomic E-state index is -0.248. The summed E-state index contributed by atoms with van der Waals surface area (Å²) in [5.41, 5.74) is 2.82. The van der Waals surface area contributed by atoms with Crippen LogP contribution in [0, 0.1) is 19.7 Å². The molecular formula is C15H14BrFO. The van der Waals surface area contributed by atoms with E-state index in [4.69, 9.17) is 4.74 Å². The van der Waals surface area contributed by atoms with Crippen LogP contribution in [0.1, 0.15) is 16.7 Å². The van der Waals surface area contributed by atoms with Crippen LogP contribution in [0.2, 0.25) is 0 Å². The van der Waals surface area contributed by atoms with Crippen LogP contribution in [0.4, 0.5) is 4.39 Å². The second kappa shape index (κ2) is 5.53. The normalized spacial score (nSPS) is 10.4. The summed E-state index contributed by atoms with van der Waals surface area (Å²) in [5, 5.41) is 0. The molecule has 0 radical (unpaired) electrons. The molecule has 0 saturated carbocycles. The van der Waals surface area contributed by atoms with E-state index >= 15 is 0 Å². The van der Waals surface area contributed by atoms with Crippen molar-refractivity contribution in [3.63, 3.8) is 0 Å². The summed E-state index contributed by atoms with van der Waals surface area (Å²) in [7, 11) is 0. The molecular weight excluding hydrogens is 295 g/mol. The van der Waals surface area contributed by atoms with E-state index < -0.39 is 0 Å². The van der Waals surface area contributed by atoms with E-state index in [-0.39, 0.29) is 12.4 Å². The Kier molecular flexibility index (Phi) is 4.02. The fourth-order valence-electron chi connectivity index (χ4n) is 1.83. The minimum Gasteiger partial charge on any atom is -0.489 e. The van der Waals surface area contributed by atoms with E-state index in [0.29, 0.717) is 5.56 Å². The van der Waals surface area contributed by atoms with Crippen LogP contribution in [-0.4, -0.2) is 0 Å². The van der Waals surface area contributed by atoms with Gasteiger partial charge in [0, 0.05) is 10.0 Å². The van der Waals surface area contributed by atoms with Crippen molar-refractivity contribution < 1.29 is 9.13 Å². The fraction of sp³-hybridized carbons (Fsp3) is 0.200. The molecule has 0 N–H and O–H groups in total. The van der Waals surface area contributed by atoms with Gasteiger partial charge >= 0.3 is 0 Å². The molecule has 18 heavy (non-hydrogen) atoms. The average molecular weight is 309 g/mol. The minimum absolute atomic E-state index is 0.230. The molecule has 0 atom stereocenters. The Bertz CT molecular complexity index is 546. The molecule has 2 aromatic carbocycles. The van der Waals surface area contributed by atoms with E-state index in [1.165, 1.54) is 6.07 Å². The summed E-state index contributed by atoms with van der Waals surface area (Å²) in [6.07, 6.45) is 0. The second-order valence-corrected chi connectivity index (χ2v) is 5.26. The van der Waals surface area contributed by atoms with Gasteiger partial charge < -0.3 is 4.74 Å². The first-order chi connectivity index (χ1) is 8.54. The fourth-order valence-corrected chi connectivity index (χ4v) is 2.24. The molecule has 0 aliphatic carbocycles. The molecule has 0 bridgehead atoms. The van der Waals surface area contributed by atoms with Crippen LogP contribution in [0.3, 0.4) is 0 Å². The molecule has 1 nitrogen and oxygen atoms in total. The summed E-state index contributed by atoms with van der Waals surface area (Å²) in [6, 6.07) is 10.8. The first-order valence-corrected chi connectivity index (χ1v) is 6.49. The third-order valence-electron chi connectivity index (χ3n) is 2.60. The highest BCUT2D eigenvalue weighted by Gasteiger charge is 2.04. The van der Waals surface area contributed by atoms with Crippen LogP contribution in [0.15, 0.2) is 40.9 Å². The van der Waals surface area contributed by atoms with Crippen LogP contribution >= 0.6 is 15.9 Å². The van der Waals surface area contributed by atoms with Crippen LogP contribution in [0.25, 0.3) is 0 Å². The predicted octanol–water partition coefficient (Wildman–Crippen LogP) is 4.78. The van der Waals surface area contributed by atoms with Gasteiger partial charge in [0.25, 0.3) is 0 Å². The number of benzene rings is 2. The highest BCUT2D eigenvalue weighted by atomic mass is 79.9. The molecule has 2 aromatic rings. The third kappa shape index (κ3) is 3.33. The van der Waals surface area contributed by atoms with Gasteiger partial charge in [0.15, 0.2) is 0 Å². The first kappa shape index (κ1) is 13.1. The highest BCUT2D eigenvalue weighted by Crippen LogP contribution is 2.20. The Morgan fingerprint density at radius 1 is 1.06 bits per heavy atom. The second-order valence-electron chi connectivity index (χ2n) is 4.35. The van der Waals surface area contributed by atoms with Crippen LogP contribution in [-0.2, 0) is 6.61 Å². The van der Waals surface area contributed by atoms with Crippen molar-refractivity contribution in [2.75, 3.05) is 0 Å². The average Bonchev–Trinajstić information content (AvgIpc) is 2.29. The number of ether oxygens (including phenoxy) is 1. The van der Waals surface area contributed by atoms with Crippen molar-refractivity contribution in [1.82, 2.24) is 0 Å². The zero-order valence-electron chi connectivity index (χ0n) is 10.3. The third-order valence-corrected chi connectivity index (χ3v) is 3.09. The Morgan fingerprint density at radius 2 is 1.72 bits per heavy atom. The summed E-state index contributed by atoms with van der Waals surface area (Å²) in [5.74, 6) is 0.523. The SMILES string of the molecule is Cc1cc(C)cc(OCc2cc(Br)ccc2F)c1. The largest absolute Gasteiger partial charge is 0.489 e. The van der Waals surface area contributed by atoms with Crippen molar-refractivity contribution in [1.29, 1.82) is 0 Å². The van der Waals surface area contributed by atoms with E-state index in [9.17, 15) is 4.39 Å². The van der Waals surface area contributed by atoms with E-state index in [2.05, 4.69) is 22.0 Å². The lowest BCUT2D eigenvalue weighted by Crippen LogP contribution is -1.99. The van der Waals surface area contributed by atoms with Crippen molar-refractivity contribution in [2.24, 2.45) is 0 Å². The molecule has 94 valence electrons. The lowest BCUT2D eigenvalue weighted by Gasteiger charge is -2.09. The molecule has 0 spiro atoms. The van der Waals surface area contributed by atoms with Crippen molar-refractivity contribution in [3.05, 3.63) is 63.4 Å². The van der Waals surface area contributed by atoms with Gasteiger partial charge in [-0.2, -0.15) is 0 Å². The Labute approximate surface area is 115 Å². The van der Waals surface area contributed by atoms with Gasteiger partial charge in [0.2, 0.25) is 0 Å². The van der Waals surface area contributed by atoms with Gasteiger partial charge in [-0.15, -0.1) is 0 Å². The quantitative estimate of drug-likeness (QED) is 0.792. The maximum Gasteiger partial charge on any atom is 0.129 e. The zero-order chi connectivity index (χ0) is 13.1. The summed E-state index contributed by atoms with van der Waals surface area (Å²) < 4.78 is 20.0. The van der Waals surface area contributed by atoms with Gasteiger partial charge in [-0.25, -0.2) is 4.39 Å². The van der Waals surface area contributed by atoms with Gasteiger partial charge in [0.05, 0.1) is 0 Å². The van der Waals surface area contributed by atoms with Crippen LogP contribution < -0.4 is 4.74 Å². The molecule has 0 fully saturated rings. The zero-order valence-corrected chi connectivity index (χ0v) is 11.9. The number of hydrogen-bond acceptors (Lipinski definition) is 1. The number of hydrogen-bond donors (Lipinski definition) is 0. The van der Waals surface area contributed by atoms with E-state index in [1.54, 1.807) is 12.1 Å². The maximum absolute atomic E-state index is 13.5. The Hall–Kier alpha value is -1.35. The molecule has 0 amide bonds. The lowest BCUT2D eigenvalue weighted by molar-refractivity contribution is 0.299. The van der Waals surface area contributed by atoms with Gasteiger partial charge in [0.1, 0.15) is 18.2 Å².